The third kappa shape index (κ3) is 2.86. The number of halogens is 1. The summed E-state index contributed by atoms with van der Waals surface area (Å²) >= 11 is 3.45. The number of aliphatic hydroxyl groups excluding tert-OH is 1. The fraction of sp³-hybridized carbons (Fsp3) is 0.133. The van der Waals surface area contributed by atoms with Crippen molar-refractivity contribution in [2.75, 3.05) is 0 Å². The Kier molecular flexibility index (Phi) is 3.81. The molecule has 0 aliphatic carbocycles. The molecule has 2 aromatic carbocycles. The van der Waals surface area contributed by atoms with Crippen molar-refractivity contribution >= 4 is 15.9 Å². The van der Waals surface area contributed by atoms with Crippen LogP contribution in [0.5, 0.6) is 0 Å². The van der Waals surface area contributed by atoms with Crippen LogP contribution in [0, 0.1) is 0 Å². The lowest BCUT2D eigenvalue weighted by Crippen LogP contribution is -2.01. The van der Waals surface area contributed by atoms with Crippen LogP contribution in [-0.4, -0.2) is 25.3 Å². The van der Waals surface area contributed by atoms with E-state index in [2.05, 4.69) is 31.3 Å². The zero-order chi connectivity index (χ0) is 14.8. The average molecular weight is 345 g/mol. The Morgan fingerprint density at radius 3 is 2.57 bits per heavy atom. The van der Waals surface area contributed by atoms with Crippen molar-refractivity contribution in [3.63, 3.8) is 0 Å². The molecule has 0 saturated carbocycles. The van der Waals surface area contributed by atoms with Gasteiger partial charge in [-0.15, -0.1) is 15.0 Å². The summed E-state index contributed by atoms with van der Waals surface area (Å²) in [6.07, 6.45) is -0.531. The van der Waals surface area contributed by atoms with Crippen molar-refractivity contribution in [3.05, 3.63) is 58.6 Å². The highest BCUT2D eigenvalue weighted by Crippen LogP contribution is 2.25. The summed E-state index contributed by atoms with van der Waals surface area (Å²) in [5, 5.41) is 22.2. The zero-order valence-corrected chi connectivity index (χ0v) is 12.9. The summed E-state index contributed by atoms with van der Waals surface area (Å²) in [5.74, 6) is 0.575. The van der Waals surface area contributed by atoms with Crippen LogP contribution in [-0.2, 0) is 0 Å². The second kappa shape index (κ2) is 5.75. The molecule has 1 heterocycles. The largest absolute Gasteiger partial charge is 0.389 e. The molecule has 0 aliphatic heterocycles. The average Bonchev–Trinajstić information content (AvgIpc) is 2.97. The molecule has 1 N–H and O–H groups in total. The van der Waals surface area contributed by atoms with Crippen LogP contribution < -0.4 is 0 Å². The molecule has 0 amide bonds. The fourth-order valence-corrected chi connectivity index (χ4v) is 2.70. The third-order valence-corrected chi connectivity index (χ3v) is 3.80. The zero-order valence-electron chi connectivity index (χ0n) is 11.3. The first kappa shape index (κ1) is 13.9. The Morgan fingerprint density at radius 2 is 1.90 bits per heavy atom. The molecule has 0 saturated heterocycles. The lowest BCUT2D eigenvalue weighted by atomic mass is 10.1. The van der Waals surface area contributed by atoms with Gasteiger partial charge < -0.3 is 5.11 Å². The van der Waals surface area contributed by atoms with E-state index in [0.717, 1.165) is 21.3 Å². The quantitative estimate of drug-likeness (QED) is 0.792. The molecule has 1 atom stereocenters. The smallest absolute Gasteiger partial charge is 0.205 e. The number of hydrogen-bond acceptors (Lipinski definition) is 4. The Morgan fingerprint density at radius 1 is 1.14 bits per heavy atom. The van der Waals surface area contributed by atoms with E-state index in [1.54, 1.807) is 6.92 Å². The van der Waals surface area contributed by atoms with E-state index in [0.29, 0.717) is 5.82 Å². The van der Waals surface area contributed by atoms with Gasteiger partial charge in [-0.25, -0.2) is 0 Å². The second-order valence-electron chi connectivity index (χ2n) is 4.65. The Hall–Kier alpha value is -2.05. The number of rotatable bonds is 3. The van der Waals surface area contributed by atoms with Crippen LogP contribution in [0.25, 0.3) is 17.1 Å². The first-order valence-corrected chi connectivity index (χ1v) is 7.28. The van der Waals surface area contributed by atoms with Crippen molar-refractivity contribution in [3.8, 4) is 17.1 Å². The molecular weight excluding hydrogens is 332 g/mol. The van der Waals surface area contributed by atoms with Crippen LogP contribution in [0.4, 0.5) is 0 Å². The fourth-order valence-electron chi connectivity index (χ4n) is 2.01. The molecule has 21 heavy (non-hydrogen) atoms. The molecule has 3 aromatic rings. The first-order chi connectivity index (χ1) is 10.1. The predicted molar refractivity (Wildman–Crippen MR) is 82.9 cm³/mol. The Labute approximate surface area is 130 Å². The van der Waals surface area contributed by atoms with Crippen LogP contribution in [0.2, 0.25) is 0 Å². The van der Waals surface area contributed by atoms with Gasteiger partial charge in [0.05, 0.1) is 11.8 Å². The number of benzene rings is 2. The molecule has 106 valence electrons. The van der Waals surface area contributed by atoms with E-state index < -0.39 is 6.10 Å². The van der Waals surface area contributed by atoms with E-state index in [-0.39, 0.29) is 0 Å². The number of aliphatic hydroxyl groups is 1. The van der Waals surface area contributed by atoms with Gasteiger partial charge in [-0.05, 0) is 29.8 Å². The molecule has 1 unspecified atom stereocenters. The highest BCUT2D eigenvalue weighted by atomic mass is 79.9. The molecule has 0 bridgehead atoms. The van der Waals surface area contributed by atoms with Crippen molar-refractivity contribution < 1.29 is 5.11 Å². The minimum atomic E-state index is -0.531. The van der Waals surface area contributed by atoms with Gasteiger partial charge in [0.25, 0.3) is 0 Å². The summed E-state index contributed by atoms with van der Waals surface area (Å²) < 4.78 is 0.813. The summed E-state index contributed by atoms with van der Waals surface area (Å²) in [6, 6.07) is 15.2. The van der Waals surface area contributed by atoms with E-state index in [1.807, 2.05) is 48.5 Å². The van der Waals surface area contributed by atoms with Crippen molar-refractivity contribution in [1.82, 2.24) is 20.2 Å². The van der Waals surface area contributed by atoms with Crippen LogP contribution in [0.1, 0.15) is 18.6 Å². The third-order valence-electron chi connectivity index (χ3n) is 3.11. The Balaban J connectivity index is 1.95. The Bertz CT molecular complexity index is 755. The van der Waals surface area contributed by atoms with E-state index in [4.69, 9.17) is 0 Å². The van der Waals surface area contributed by atoms with Crippen molar-refractivity contribution in [2.24, 2.45) is 0 Å². The number of tetrazole rings is 1. The lowest BCUT2D eigenvalue weighted by molar-refractivity contribution is 0.198. The first-order valence-electron chi connectivity index (χ1n) is 6.48. The molecule has 0 aliphatic rings. The van der Waals surface area contributed by atoms with Crippen molar-refractivity contribution in [2.45, 2.75) is 13.0 Å². The van der Waals surface area contributed by atoms with Gasteiger partial charge in [-0.2, -0.15) is 0 Å². The van der Waals surface area contributed by atoms with Gasteiger partial charge in [0, 0.05) is 10.0 Å². The highest BCUT2D eigenvalue weighted by Gasteiger charge is 2.10. The standard InChI is InChI=1S/C15H13BrN4O/c1-10(21)13-8-7-12(9-14(13)16)20-18-15(17-19-20)11-5-3-2-4-6-11/h2-10,21H,1H3. The molecule has 5 nitrogen and oxygen atoms in total. The van der Waals surface area contributed by atoms with E-state index in [1.165, 1.54) is 4.80 Å². The maximum absolute atomic E-state index is 9.64. The summed E-state index contributed by atoms with van der Waals surface area (Å²) in [7, 11) is 0. The maximum atomic E-state index is 9.64. The molecular formula is C15H13BrN4O. The minimum absolute atomic E-state index is 0.531. The SMILES string of the molecule is CC(O)c1ccc(-n2nnc(-c3ccccc3)n2)cc1Br. The van der Waals surface area contributed by atoms with Gasteiger partial charge in [-0.3, -0.25) is 0 Å². The molecule has 6 heteroatoms. The summed E-state index contributed by atoms with van der Waals surface area (Å²) in [5.41, 5.74) is 2.52. The summed E-state index contributed by atoms with van der Waals surface area (Å²) in [4.78, 5) is 1.47. The summed E-state index contributed by atoms with van der Waals surface area (Å²) in [6.45, 7) is 1.72. The van der Waals surface area contributed by atoms with Crippen LogP contribution >= 0.6 is 15.9 Å². The minimum Gasteiger partial charge on any atom is -0.389 e. The maximum Gasteiger partial charge on any atom is 0.205 e. The highest BCUT2D eigenvalue weighted by molar-refractivity contribution is 9.10. The topological polar surface area (TPSA) is 63.8 Å². The lowest BCUT2D eigenvalue weighted by Gasteiger charge is -2.08. The molecule has 3 rings (SSSR count). The van der Waals surface area contributed by atoms with Crippen molar-refractivity contribution in [1.29, 1.82) is 0 Å². The number of nitrogens with zero attached hydrogens (tertiary/aromatic N) is 4. The van der Waals surface area contributed by atoms with Gasteiger partial charge in [0.1, 0.15) is 0 Å². The van der Waals surface area contributed by atoms with Gasteiger partial charge in [0.2, 0.25) is 5.82 Å². The predicted octanol–water partition coefficient (Wildman–Crippen LogP) is 3.15. The monoisotopic (exact) mass is 344 g/mol. The second-order valence-corrected chi connectivity index (χ2v) is 5.50. The van der Waals surface area contributed by atoms with Gasteiger partial charge in [0.15, 0.2) is 0 Å². The number of aromatic nitrogens is 4. The van der Waals surface area contributed by atoms with E-state index >= 15 is 0 Å². The molecule has 0 radical (unpaired) electrons. The van der Waals surface area contributed by atoms with Gasteiger partial charge >= 0.3 is 0 Å². The van der Waals surface area contributed by atoms with Crippen LogP contribution in [0.3, 0.4) is 0 Å². The van der Waals surface area contributed by atoms with Gasteiger partial charge in [-0.1, -0.05) is 52.3 Å². The van der Waals surface area contributed by atoms with E-state index in [9.17, 15) is 5.11 Å². The normalized spacial score (nSPS) is 12.3. The molecule has 1 aromatic heterocycles. The number of hydrogen-bond donors (Lipinski definition) is 1. The molecule has 0 fully saturated rings. The van der Waals surface area contributed by atoms with Crippen LogP contribution in [0.15, 0.2) is 53.0 Å². The molecule has 0 spiro atoms.